The van der Waals surface area contributed by atoms with Crippen LogP contribution >= 0.6 is 11.6 Å². The molecule has 0 spiro atoms. The summed E-state index contributed by atoms with van der Waals surface area (Å²) in [6.45, 7) is 0.606. The fourth-order valence-electron chi connectivity index (χ4n) is 3.79. The van der Waals surface area contributed by atoms with Crippen LogP contribution in [0.15, 0.2) is 90.6 Å². The van der Waals surface area contributed by atoms with Crippen LogP contribution in [0.3, 0.4) is 0 Å². The van der Waals surface area contributed by atoms with Crippen molar-refractivity contribution in [2.24, 2.45) is 0 Å². The number of halogens is 1. The number of benzene rings is 3. The highest BCUT2D eigenvalue weighted by atomic mass is 35.5. The molecular weight excluding hydrogens is 410 g/mol. The summed E-state index contributed by atoms with van der Waals surface area (Å²) in [6.07, 6.45) is 5.63. The summed E-state index contributed by atoms with van der Waals surface area (Å²) in [6, 6.07) is 22.4. The lowest BCUT2D eigenvalue weighted by Gasteiger charge is -2.05. The van der Waals surface area contributed by atoms with Gasteiger partial charge >= 0.3 is 5.97 Å². The lowest BCUT2D eigenvalue weighted by molar-refractivity contribution is -0.130. The molecular formula is C26H18ClNO3. The zero-order valence-corrected chi connectivity index (χ0v) is 17.2. The minimum Gasteiger partial charge on any atom is -0.508 e. The number of carbonyl (C=O) groups is 1. The molecule has 2 heterocycles. The van der Waals surface area contributed by atoms with Gasteiger partial charge in [-0.25, -0.2) is 4.79 Å². The summed E-state index contributed by atoms with van der Waals surface area (Å²) in [5, 5.41) is 11.4. The van der Waals surface area contributed by atoms with Crippen molar-refractivity contribution in [2.75, 3.05) is 0 Å². The number of para-hydroxylation sites is 1. The van der Waals surface area contributed by atoms with Crippen LogP contribution in [0, 0.1) is 0 Å². The number of aromatic hydroxyl groups is 1. The summed E-state index contributed by atoms with van der Waals surface area (Å²) in [7, 11) is 0. The number of hydrogen-bond acceptors (Lipinski definition) is 3. The van der Waals surface area contributed by atoms with E-state index in [-0.39, 0.29) is 11.7 Å². The fraction of sp³-hybridized carbons (Fsp3) is 0.0385. The molecule has 5 heteroatoms. The maximum Gasteiger partial charge on any atom is 0.343 e. The molecule has 0 saturated heterocycles. The van der Waals surface area contributed by atoms with Crippen molar-refractivity contribution >= 4 is 40.3 Å². The van der Waals surface area contributed by atoms with E-state index in [9.17, 15) is 9.90 Å². The van der Waals surface area contributed by atoms with Gasteiger partial charge in [0.25, 0.3) is 0 Å². The highest BCUT2D eigenvalue weighted by Gasteiger charge is 2.22. The van der Waals surface area contributed by atoms with Gasteiger partial charge in [-0.05, 0) is 60.2 Å². The number of ether oxygens (including phenoxy) is 1. The van der Waals surface area contributed by atoms with E-state index in [0.717, 1.165) is 27.6 Å². The Bertz CT molecular complexity index is 1360. The van der Waals surface area contributed by atoms with Crippen LogP contribution in [0.2, 0.25) is 5.02 Å². The second kappa shape index (κ2) is 7.82. The van der Waals surface area contributed by atoms with Gasteiger partial charge in [-0.3, -0.25) is 0 Å². The molecule has 0 saturated carbocycles. The van der Waals surface area contributed by atoms with Crippen molar-refractivity contribution in [3.05, 3.63) is 112 Å². The van der Waals surface area contributed by atoms with Crippen molar-refractivity contribution in [1.82, 2.24) is 4.57 Å². The number of cyclic esters (lactones) is 1. The van der Waals surface area contributed by atoms with Gasteiger partial charge in [0.05, 0.1) is 5.57 Å². The second-order valence-electron chi connectivity index (χ2n) is 7.40. The van der Waals surface area contributed by atoms with E-state index in [1.165, 1.54) is 0 Å². The minimum atomic E-state index is -0.380. The normalized spacial score (nSPS) is 14.8. The molecule has 31 heavy (non-hydrogen) atoms. The average molecular weight is 428 g/mol. The Hall–Kier alpha value is -3.76. The zero-order chi connectivity index (χ0) is 21.4. The molecule has 4 nitrogen and oxygen atoms in total. The molecule has 152 valence electrons. The van der Waals surface area contributed by atoms with E-state index >= 15 is 0 Å². The lowest BCUT2D eigenvalue weighted by Crippen LogP contribution is -1.98. The van der Waals surface area contributed by atoms with Gasteiger partial charge in [0.1, 0.15) is 11.5 Å². The number of nitrogens with zero attached hydrogens (tertiary/aromatic N) is 1. The van der Waals surface area contributed by atoms with Crippen molar-refractivity contribution in [3.8, 4) is 5.75 Å². The molecule has 1 aliphatic rings. The Balaban J connectivity index is 1.53. The number of esters is 1. The first-order chi connectivity index (χ1) is 15.1. The summed E-state index contributed by atoms with van der Waals surface area (Å²) < 4.78 is 7.59. The van der Waals surface area contributed by atoms with Gasteiger partial charge in [-0.15, -0.1) is 0 Å². The fourth-order valence-corrected chi connectivity index (χ4v) is 3.91. The molecule has 4 aromatic rings. The summed E-state index contributed by atoms with van der Waals surface area (Å²) in [5.74, 6) is 0.371. The van der Waals surface area contributed by atoms with E-state index in [2.05, 4.69) is 4.57 Å². The van der Waals surface area contributed by atoms with Crippen molar-refractivity contribution in [2.45, 2.75) is 6.54 Å². The molecule has 1 aromatic heterocycles. The summed E-state index contributed by atoms with van der Waals surface area (Å²) >= 11 is 5.95. The topological polar surface area (TPSA) is 51.5 Å². The molecule has 1 aliphatic heterocycles. The molecule has 0 atom stereocenters. The van der Waals surface area contributed by atoms with E-state index in [0.29, 0.717) is 22.9 Å². The number of aromatic nitrogens is 1. The van der Waals surface area contributed by atoms with Gasteiger partial charge in [0, 0.05) is 39.8 Å². The number of phenols is 1. The van der Waals surface area contributed by atoms with Gasteiger partial charge in [-0.1, -0.05) is 41.9 Å². The molecule has 3 aromatic carbocycles. The second-order valence-corrected chi connectivity index (χ2v) is 7.84. The smallest absolute Gasteiger partial charge is 0.343 e. The molecule has 0 aliphatic carbocycles. The van der Waals surface area contributed by atoms with Crippen molar-refractivity contribution in [3.63, 3.8) is 0 Å². The number of phenolic OH excluding ortho intramolecular Hbond substituents is 1. The number of hydrogen-bond donors (Lipinski definition) is 1. The van der Waals surface area contributed by atoms with Crippen LogP contribution in [-0.4, -0.2) is 15.6 Å². The predicted molar refractivity (Wildman–Crippen MR) is 123 cm³/mol. The average Bonchev–Trinajstić information content (AvgIpc) is 3.30. The van der Waals surface area contributed by atoms with Crippen molar-refractivity contribution < 1.29 is 14.6 Å². The van der Waals surface area contributed by atoms with Crippen LogP contribution in [0.4, 0.5) is 0 Å². The first-order valence-corrected chi connectivity index (χ1v) is 10.2. The Morgan fingerprint density at radius 2 is 1.81 bits per heavy atom. The molecule has 0 amide bonds. The first-order valence-electron chi connectivity index (χ1n) is 9.84. The third-order valence-corrected chi connectivity index (χ3v) is 5.50. The molecule has 5 rings (SSSR count). The Morgan fingerprint density at radius 1 is 1.00 bits per heavy atom. The SMILES string of the molecule is O=C1OC(c2ccc(Cl)cc2)=C/C1=C/c1cn(Cc2cccc(O)c2)c2ccccc12. The lowest BCUT2D eigenvalue weighted by atomic mass is 10.1. The standard InChI is InChI=1S/C26H18ClNO3/c27-21-10-8-18(9-11-21)25-14-19(26(30)31-25)13-20-16-28(24-7-2-1-6-23(20)24)15-17-4-3-5-22(29)12-17/h1-14,16,29H,15H2/b19-13-. The first kappa shape index (κ1) is 19.2. The highest BCUT2D eigenvalue weighted by Crippen LogP contribution is 2.31. The number of carbonyl (C=O) groups excluding carboxylic acids is 1. The molecule has 1 N–H and O–H groups in total. The van der Waals surface area contributed by atoms with Crippen LogP contribution in [0.1, 0.15) is 16.7 Å². The van der Waals surface area contributed by atoms with Crippen LogP contribution in [-0.2, 0) is 16.1 Å². The Labute approximate surface area is 184 Å². The number of fused-ring (bicyclic) bond motifs is 1. The number of rotatable bonds is 4. The van der Waals surface area contributed by atoms with Gasteiger partial charge in [0.2, 0.25) is 0 Å². The summed E-state index contributed by atoms with van der Waals surface area (Å²) in [4.78, 5) is 12.5. The highest BCUT2D eigenvalue weighted by molar-refractivity contribution is 6.30. The van der Waals surface area contributed by atoms with Crippen LogP contribution in [0.25, 0.3) is 22.7 Å². The Morgan fingerprint density at radius 3 is 2.61 bits per heavy atom. The minimum absolute atomic E-state index is 0.241. The zero-order valence-electron chi connectivity index (χ0n) is 16.5. The quantitative estimate of drug-likeness (QED) is 0.319. The molecule has 0 fully saturated rings. The van der Waals surface area contributed by atoms with Gasteiger partial charge in [-0.2, -0.15) is 0 Å². The maximum atomic E-state index is 12.5. The predicted octanol–water partition coefficient (Wildman–Crippen LogP) is 6.03. The third-order valence-electron chi connectivity index (χ3n) is 5.25. The molecule has 0 unspecified atom stereocenters. The summed E-state index contributed by atoms with van der Waals surface area (Å²) in [5.41, 5.74) is 4.25. The monoisotopic (exact) mass is 427 g/mol. The third kappa shape index (κ3) is 3.86. The van der Waals surface area contributed by atoms with Crippen molar-refractivity contribution in [1.29, 1.82) is 0 Å². The van der Waals surface area contributed by atoms with Crippen LogP contribution in [0.5, 0.6) is 5.75 Å². The van der Waals surface area contributed by atoms with Gasteiger partial charge < -0.3 is 14.4 Å². The van der Waals surface area contributed by atoms with Gasteiger partial charge in [0.15, 0.2) is 0 Å². The van der Waals surface area contributed by atoms with Crippen LogP contribution < -0.4 is 0 Å². The Kier molecular flexibility index (Phi) is 4.85. The van der Waals surface area contributed by atoms with E-state index in [1.54, 1.807) is 30.3 Å². The van der Waals surface area contributed by atoms with E-state index in [4.69, 9.17) is 16.3 Å². The largest absolute Gasteiger partial charge is 0.508 e. The molecule has 0 radical (unpaired) electrons. The molecule has 0 bridgehead atoms. The van der Waals surface area contributed by atoms with E-state index < -0.39 is 0 Å². The van der Waals surface area contributed by atoms with E-state index in [1.807, 2.05) is 60.8 Å². The maximum absolute atomic E-state index is 12.5.